The topological polar surface area (TPSA) is 0 Å². The van der Waals surface area contributed by atoms with Crippen LogP contribution in [-0.2, 0) is 17.1 Å². The Morgan fingerprint density at radius 2 is 1.25 bits per heavy atom. The Morgan fingerprint density at radius 1 is 1.25 bits per heavy atom. The molecule has 0 saturated heterocycles. The minimum absolute atomic E-state index is 0. The fourth-order valence-electron chi connectivity index (χ4n) is 0. The van der Waals surface area contributed by atoms with Crippen molar-refractivity contribution in [3.63, 3.8) is 0 Å². The van der Waals surface area contributed by atoms with E-state index in [0.29, 0.717) is 0 Å². The van der Waals surface area contributed by atoms with E-state index >= 15 is 0 Å². The molecule has 0 aliphatic heterocycles. The first-order valence-electron chi connectivity index (χ1n) is 0. The van der Waals surface area contributed by atoms with Crippen LogP contribution < -0.4 is 0 Å². The van der Waals surface area contributed by atoms with Crippen LogP contribution in [-0.4, -0.2) is 66.1 Å². The molecule has 0 aromatic carbocycles. The van der Waals surface area contributed by atoms with Gasteiger partial charge >= 0.3 is 37.7 Å². The summed E-state index contributed by atoms with van der Waals surface area (Å²) in [6, 6.07) is 0. The summed E-state index contributed by atoms with van der Waals surface area (Å²) in [6.07, 6.45) is 0. The van der Waals surface area contributed by atoms with E-state index in [4.69, 9.17) is 0 Å². The van der Waals surface area contributed by atoms with Crippen molar-refractivity contribution in [2.24, 2.45) is 0 Å². The molecule has 0 nitrogen and oxygen atoms in total. The fourth-order valence-corrected chi connectivity index (χ4v) is 0. The van der Waals surface area contributed by atoms with Gasteiger partial charge in [-0.15, -0.1) is 0 Å². The first-order valence-corrected chi connectivity index (χ1v) is 0. The van der Waals surface area contributed by atoms with Gasteiger partial charge in [0.1, 0.15) is 0 Å². The van der Waals surface area contributed by atoms with E-state index in [1.807, 2.05) is 0 Å². The summed E-state index contributed by atoms with van der Waals surface area (Å²) in [5, 5.41) is 0. The molecule has 0 unspecified atom stereocenters. The van der Waals surface area contributed by atoms with Crippen molar-refractivity contribution in [3.05, 3.63) is 0 Å². The maximum absolute atomic E-state index is 0. The van der Waals surface area contributed by atoms with Gasteiger partial charge in [0.05, 0.1) is 0 Å². The molecular weight excluding hydrogens is 151 g/mol. The Morgan fingerprint density at radius 3 is 1.25 bits per heavy atom. The molecule has 4 heteroatoms. The zero-order chi connectivity index (χ0) is 0. The maximum Gasteiger partial charge on any atom is 2.00 e. The molecule has 0 aliphatic carbocycles. The van der Waals surface area contributed by atoms with E-state index in [9.17, 15) is 0 Å². The average molecular weight is 160 g/mol. The molecule has 0 saturated carbocycles. The SMILES string of the molecule is [AlH3].[Ca+2].[Fe].[H-].[H-].[SiH4]. The monoisotopic (exact) mass is 160 g/mol. The standard InChI is InChI=1S/Al.Ca.Fe.H4Si.5H/h;;;1H4;;;;;/q;+2;;;;;;2*-1. The van der Waals surface area contributed by atoms with E-state index < -0.39 is 0 Å². The van der Waals surface area contributed by atoms with Crippen LogP contribution in [0.3, 0.4) is 0 Å². The molecule has 0 rings (SSSR count). The molecule has 0 spiro atoms. The summed E-state index contributed by atoms with van der Waals surface area (Å²) in [7, 11) is 0. The smallest absolute Gasteiger partial charge is 1.00 e. The van der Waals surface area contributed by atoms with Crippen molar-refractivity contribution in [3.8, 4) is 0 Å². The second kappa shape index (κ2) is 17.7. The second-order valence-electron chi connectivity index (χ2n) is 0. The summed E-state index contributed by atoms with van der Waals surface area (Å²) in [4.78, 5) is 0. The van der Waals surface area contributed by atoms with Crippen LogP contribution >= 0.6 is 0 Å². The summed E-state index contributed by atoms with van der Waals surface area (Å²) < 4.78 is 0. The third-order valence-corrected chi connectivity index (χ3v) is 0. The number of hydrogen-bond acceptors (Lipinski definition) is 0. The Balaban J connectivity index is 0. The van der Waals surface area contributed by atoms with E-state index in [1.54, 1.807) is 0 Å². The van der Waals surface area contributed by atoms with Gasteiger partial charge in [-0.1, -0.05) is 0 Å². The first-order chi connectivity index (χ1) is 0. The third kappa shape index (κ3) is 8.82. The summed E-state index contributed by atoms with van der Waals surface area (Å²) in [6.45, 7) is 0. The molecule has 0 amide bonds. The van der Waals surface area contributed by atoms with Gasteiger partial charge in [0, 0.05) is 17.1 Å². The largest absolute Gasteiger partial charge is 2.00 e. The van der Waals surface area contributed by atoms with E-state index in [2.05, 4.69) is 0 Å². The van der Waals surface area contributed by atoms with Crippen LogP contribution in [0.1, 0.15) is 2.85 Å². The van der Waals surface area contributed by atoms with Crippen molar-refractivity contribution >= 4 is 66.1 Å². The number of hydrogen-bond donors (Lipinski definition) is 0. The molecule has 26 valence electrons. The van der Waals surface area contributed by atoms with Gasteiger partial charge in [0.25, 0.3) is 0 Å². The molecule has 0 atom stereocenters. The Bertz CT molecular complexity index is 13.5. The zero-order valence-electron chi connectivity index (χ0n) is 3.06. The van der Waals surface area contributed by atoms with Gasteiger partial charge in [-0.25, -0.2) is 0 Å². The Labute approximate surface area is 84.7 Å². The van der Waals surface area contributed by atoms with E-state index in [0.717, 1.165) is 0 Å². The van der Waals surface area contributed by atoms with Crippen molar-refractivity contribution in [1.29, 1.82) is 0 Å². The third-order valence-electron chi connectivity index (χ3n) is 0. The van der Waals surface area contributed by atoms with Crippen LogP contribution in [0.4, 0.5) is 0 Å². The van der Waals surface area contributed by atoms with Gasteiger partial charge < -0.3 is 2.85 Å². The van der Waals surface area contributed by atoms with Gasteiger partial charge in [-0.2, -0.15) is 0 Å². The Kier molecular flexibility index (Phi) is 138. The molecule has 0 heterocycles. The predicted octanol–water partition coefficient (Wildman–Crippen LogP) is -2.79. The predicted molar refractivity (Wildman–Crippen MR) is 29.3 cm³/mol. The van der Waals surface area contributed by atoms with E-state index in [1.165, 1.54) is 0 Å². The zero-order valence-corrected chi connectivity index (χ0v) is 4.37. The molecule has 0 radical (unpaired) electrons. The van der Waals surface area contributed by atoms with Gasteiger partial charge in [0.2, 0.25) is 0 Å². The van der Waals surface area contributed by atoms with Crippen LogP contribution in [0.5, 0.6) is 0 Å². The second-order valence-corrected chi connectivity index (χ2v) is 0. The fraction of sp³-hybridized carbons (Fsp3) is 0. The van der Waals surface area contributed by atoms with Gasteiger partial charge in [-0.05, 0) is 11.0 Å². The molecule has 0 fully saturated rings. The molecule has 0 bridgehead atoms. The summed E-state index contributed by atoms with van der Waals surface area (Å²) in [5.41, 5.74) is 0. The van der Waals surface area contributed by atoms with E-state index in [-0.39, 0.29) is 86.0 Å². The number of rotatable bonds is 0. The first kappa shape index (κ1) is 31.2. The van der Waals surface area contributed by atoms with Crippen LogP contribution in [0.2, 0.25) is 0 Å². The molecule has 0 N–H and O–H groups in total. The molecule has 0 aromatic rings. The van der Waals surface area contributed by atoms with Crippen molar-refractivity contribution in [2.45, 2.75) is 0 Å². The Hall–Kier alpha value is 2.53. The maximum atomic E-state index is 0. The van der Waals surface area contributed by atoms with Crippen molar-refractivity contribution in [1.82, 2.24) is 0 Å². The van der Waals surface area contributed by atoms with Crippen molar-refractivity contribution in [2.75, 3.05) is 0 Å². The van der Waals surface area contributed by atoms with Crippen LogP contribution in [0.15, 0.2) is 0 Å². The molecular formula is H9AlCaFeSi. The van der Waals surface area contributed by atoms with Crippen molar-refractivity contribution < 1.29 is 19.9 Å². The quantitative estimate of drug-likeness (QED) is 0.336. The molecule has 4 heavy (non-hydrogen) atoms. The van der Waals surface area contributed by atoms with Crippen LogP contribution in [0.25, 0.3) is 0 Å². The summed E-state index contributed by atoms with van der Waals surface area (Å²) in [5.74, 6) is 0. The summed E-state index contributed by atoms with van der Waals surface area (Å²) >= 11 is 0. The minimum atomic E-state index is 0. The average Bonchev–Trinajstić information content (AvgIpc) is 0. The molecule has 0 aliphatic rings. The minimum Gasteiger partial charge on any atom is -1.00 e. The van der Waals surface area contributed by atoms with Gasteiger partial charge in [-0.3, -0.25) is 0 Å². The normalized spacial score (nSPS) is 0. The van der Waals surface area contributed by atoms with Crippen LogP contribution in [0, 0.1) is 0 Å². The van der Waals surface area contributed by atoms with Gasteiger partial charge in [0.15, 0.2) is 17.4 Å². The molecule has 0 aromatic heterocycles.